The number of nitrogens with one attached hydrogen (secondary N) is 1. The van der Waals surface area contributed by atoms with E-state index < -0.39 is 0 Å². The van der Waals surface area contributed by atoms with Gasteiger partial charge in [0.15, 0.2) is 0 Å². The van der Waals surface area contributed by atoms with E-state index >= 15 is 0 Å². The number of hydrogen-bond donors (Lipinski definition) is 1. The minimum Gasteiger partial charge on any atom is -0.376 e. The molecule has 20 heavy (non-hydrogen) atoms. The number of hydrogen-bond acceptors (Lipinski definition) is 4. The molecule has 1 fully saturated rings. The molecule has 2 atom stereocenters. The highest BCUT2D eigenvalue weighted by atomic mass is 16.6. The summed E-state index contributed by atoms with van der Waals surface area (Å²) in [4.78, 5) is 15.3. The molecule has 1 aliphatic carbocycles. The molecule has 2 aromatic rings. The highest BCUT2D eigenvalue weighted by Gasteiger charge is 2.26. The average molecular weight is 271 g/mol. The summed E-state index contributed by atoms with van der Waals surface area (Å²) in [6, 6.07) is 7.42. The number of fused-ring (bicyclic) bond motifs is 1. The fraction of sp³-hybridized carbons (Fsp3) is 0.400. The first kappa shape index (κ1) is 12.8. The fourth-order valence-corrected chi connectivity index (χ4v) is 3.01. The topological polar surface area (TPSA) is 68.1 Å². The van der Waals surface area contributed by atoms with Gasteiger partial charge in [-0.15, -0.1) is 0 Å². The van der Waals surface area contributed by atoms with Crippen molar-refractivity contribution in [3.05, 3.63) is 40.6 Å². The molecule has 5 nitrogen and oxygen atoms in total. The molecule has 0 amide bonds. The minimum absolute atomic E-state index is 0.134. The monoisotopic (exact) mass is 271 g/mol. The second-order valence-electron chi connectivity index (χ2n) is 5.45. The zero-order chi connectivity index (χ0) is 14.1. The van der Waals surface area contributed by atoms with E-state index in [1.807, 2.05) is 6.07 Å². The number of aromatic nitrogens is 1. The van der Waals surface area contributed by atoms with Gasteiger partial charge in [0.25, 0.3) is 0 Å². The van der Waals surface area contributed by atoms with Crippen molar-refractivity contribution < 1.29 is 4.92 Å². The Kier molecular flexibility index (Phi) is 3.26. The summed E-state index contributed by atoms with van der Waals surface area (Å²) in [6.45, 7) is 2.19. The van der Waals surface area contributed by atoms with Gasteiger partial charge in [-0.3, -0.25) is 15.1 Å². The third-order valence-electron chi connectivity index (χ3n) is 4.14. The van der Waals surface area contributed by atoms with Crippen molar-refractivity contribution in [3.63, 3.8) is 0 Å². The maximum atomic E-state index is 11.4. The van der Waals surface area contributed by atoms with E-state index in [0.717, 1.165) is 6.42 Å². The Morgan fingerprint density at radius 1 is 1.35 bits per heavy atom. The van der Waals surface area contributed by atoms with Gasteiger partial charge in [0, 0.05) is 12.2 Å². The summed E-state index contributed by atoms with van der Waals surface area (Å²) in [5.41, 5.74) is 1.40. The van der Waals surface area contributed by atoms with Crippen molar-refractivity contribution in [1.82, 2.24) is 4.98 Å². The summed E-state index contributed by atoms with van der Waals surface area (Å²) in [5.74, 6) is 0.555. The predicted octanol–water partition coefficient (Wildman–Crippen LogP) is 3.74. The predicted molar refractivity (Wildman–Crippen MR) is 78.8 cm³/mol. The van der Waals surface area contributed by atoms with E-state index in [1.165, 1.54) is 12.8 Å². The summed E-state index contributed by atoms with van der Waals surface area (Å²) >= 11 is 0. The van der Waals surface area contributed by atoms with Gasteiger partial charge in [-0.25, -0.2) is 0 Å². The van der Waals surface area contributed by atoms with E-state index in [0.29, 0.717) is 28.6 Å². The summed E-state index contributed by atoms with van der Waals surface area (Å²) in [7, 11) is 0. The number of nitro benzene ring substituents is 1. The van der Waals surface area contributed by atoms with Crippen LogP contribution in [0.15, 0.2) is 30.5 Å². The molecule has 1 aromatic heterocycles. The number of anilines is 1. The highest BCUT2D eigenvalue weighted by Crippen LogP contribution is 2.35. The van der Waals surface area contributed by atoms with Crippen LogP contribution in [0.25, 0.3) is 10.9 Å². The van der Waals surface area contributed by atoms with Gasteiger partial charge in [0.05, 0.1) is 15.8 Å². The van der Waals surface area contributed by atoms with Crippen LogP contribution in [0.5, 0.6) is 0 Å². The van der Waals surface area contributed by atoms with Gasteiger partial charge < -0.3 is 5.32 Å². The first-order valence-electron chi connectivity index (χ1n) is 6.95. The van der Waals surface area contributed by atoms with E-state index in [-0.39, 0.29) is 10.6 Å². The summed E-state index contributed by atoms with van der Waals surface area (Å²) < 4.78 is 0. The van der Waals surface area contributed by atoms with Crippen LogP contribution in [0.1, 0.15) is 26.2 Å². The normalized spacial score (nSPS) is 22.1. The van der Waals surface area contributed by atoms with E-state index in [9.17, 15) is 10.1 Å². The Bertz CT molecular complexity index is 657. The van der Waals surface area contributed by atoms with Crippen molar-refractivity contribution in [2.45, 2.75) is 32.2 Å². The smallest absolute Gasteiger partial charge is 0.301 e. The zero-order valence-electron chi connectivity index (χ0n) is 11.4. The van der Waals surface area contributed by atoms with E-state index in [1.54, 1.807) is 24.4 Å². The largest absolute Gasteiger partial charge is 0.376 e. The van der Waals surface area contributed by atoms with Crippen LogP contribution < -0.4 is 5.32 Å². The molecule has 104 valence electrons. The van der Waals surface area contributed by atoms with Crippen LogP contribution in [0, 0.1) is 16.0 Å². The molecule has 1 N–H and O–H groups in total. The van der Waals surface area contributed by atoms with Crippen LogP contribution >= 0.6 is 0 Å². The molecule has 2 unspecified atom stereocenters. The van der Waals surface area contributed by atoms with Gasteiger partial charge in [-0.05, 0) is 43.0 Å². The molecule has 3 rings (SSSR count). The molecule has 5 heteroatoms. The maximum absolute atomic E-state index is 11.4. The number of pyridine rings is 1. The highest BCUT2D eigenvalue weighted by molar-refractivity contribution is 5.94. The van der Waals surface area contributed by atoms with Crippen LogP contribution in [0.4, 0.5) is 11.4 Å². The summed E-state index contributed by atoms with van der Waals surface area (Å²) in [6.07, 6.45) is 5.09. The van der Waals surface area contributed by atoms with Crippen LogP contribution in [0.3, 0.4) is 0 Å². The Morgan fingerprint density at radius 2 is 2.20 bits per heavy atom. The van der Waals surface area contributed by atoms with Gasteiger partial charge in [-0.1, -0.05) is 13.3 Å². The first-order chi connectivity index (χ1) is 9.66. The second-order valence-corrected chi connectivity index (χ2v) is 5.45. The number of nitrogens with zero attached hydrogens (tertiary/aromatic N) is 2. The van der Waals surface area contributed by atoms with Crippen LogP contribution in [0.2, 0.25) is 0 Å². The quantitative estimate of drug-likeness (QED) is 0.682. The second kappa shape index (κ2) is 5.07. The van der Waals surface area contributed by atoms with Crippen molar-refractivity contribution in [2.24, 2.45) is 5.92 Å². The van der Waals surface area contributed by atoms with E-state index in [2.05, 4.69) is 17.2 Å². The molecule has 0 saturated heterocycles. The lowest BCUT2D eigenvalue weighted by atomic mass is 10.1. The summed E-state index contributed by atoms with van der Waals surface area (Å²) in [5, 5.41) is 15.4. The molecule has 0 radical (unpaired) electrons. The van der Waals surface area contributed by atoms with Crippen molar-refractivity contribution >= 4 is 22.3 Å². The molecular weight excluding hydrogens is 254 g/mol. The van der Waals surface area contributed by atoms with Crippen LogP contribution in [-0.4, -0.2) is 15.9 Å². The van der Waals surface area contributed by atoms with Crippen molar-refractivity contribution in [2.75, 3.05) is 5.32 Å². The fourth-order valence-electron chi connectivity index (χ4n) is 3.01. The lowest BCUT2D eigenvalue weighted by Crippen LogP contribution is -2.22. The molecule has 0 spiro atoms. The van der Waals surface area contributed by atoms with Crippen LogP contribution in [-0.2, 0) is 0 Å². The standard InChI is InChI=1S/C15H17N3O2/c1-10-4-2-6-12(10)17-14-8-7-13-11(5-3-9-16-13)15(14)18(19)20/h3,5,7-10,12,17H,2,4,6H2,1H3. The Morgan fingerprint density at radius 3 is 2.90 bits per heavy atom. The first-order valence-corrected chi connectivity index (χ1v) is 6.95. The Hall–Kier alpha value is -2.17. The number of rotatable bonds is 3. The average Bonchev–Trinajstić information content (AvgIpc) is 2.83. The molecule has 0 bridgehead atoms. The molecule has 1 aromatic carbocycles. The van der Waals surface area contributed by atoms with Gasteiger partial charge in [0.2, 0.25) is 0 Å². The molecule has 1 heterocycles. The lowest BCUT2D eigenvalue weighted by molar-refractivity contribution is -0.382. The van der Waals surface area contributed by atoms with Gasteiger partial charge in [-0.2, -0.15) is 0 Å². The maximum Gasteiger partial charge on any atom is 0.301 e. The minimum atomic E-state index is -0.314. The van der Waals surface area contributed by atoms with Crippen molar-refractivity contribution in [1.29, 1.82) is 0 Å². The SMILES string of the molecule is CC1CCCC1Nc1ccc2ncccc2c1[N+](=O)[O-]. The molecule has 0 aliphatic heterocycles. The third-order valence-corrected chi connectivity index (χ3v) is 4.14. The zero-order valence-corrected chi connectivity index (χ0v) is 11.4. The number of nitro groups is 1. The lowest BCUT2D eigenvalue weighted by Gasteiger charge is -2.19. The molecular formula is C15H17N3O2. The Labute approximate surface area is 117 Å². The third kappa shape index (κ3) is 2.19. The number of benzene rings is 1. The van der Waals surface area contributed by atoms with E-state index in [4.69, 9.17) is 0 Å². The Balaban J connectivity index is 2.06. The van der Waals surface area contributed by atoms with Gasteiger partial charge >= 0.3 is 5.69 Å². The molecule has 1 saturated carbocycles. The van der Waals surface area contributed by atoms with Crippen molar-refractivity contribution in [3.8, 4) is 0 Å². The van der Waals surface area contributed by atoms with Gasteiger partial charge in [0.1, 0.15) is 5.69 Å². The molecule has 1 aliphatic rings.